The Labute approximate surface area is 173 Å². The fourth-order valence-corrected chi connectivity index (χ4v) is 5.98. The Kier molecular flexibility index (Phi) is 4.72. The van der Waals surface area contributed by atoms with Gasteiger partial charge in [-0.25, -0.2) is 0 Å². The summed E-state index contributed by atoms with van der Waals surface area (Å²) in [6.07, 6.45) is 2.61. The molecule has 5 rings (SSSR count). The number of ether oxygens (including phenoxy) is 1. The molecule has 2 aromatic carbocycles. The Bertz CT molecular complexity index is 829. The Morgan fingerprint density at radius 3 is 2.31 bits per heavy atom. The van der Waals surface area contributed by atoms with E-state index in [1.807, 2.05) is 36.4 Å². The topological polar surface area (TPSA) is 32.8 Å². The number of benzene rings is 2. The summed E-state index contributed by atoms with van der Waals surface area (Å²) in [5.74, 6) is 0.946. The highest BCUT2D eigenvalue weighted by molar-refractivity contribution is 5.87. The molecule has 3 saturated heterocycles. The third kappa shape index (κ3) is 3.19. The molecule has 1 spiro atoms. The molecule has 2 bridgehead atoms. The lowest BCUT2D eigenvalue weighted by Gasteiger charge is -2.30. The fourth-order valence-electron chi connectivity index (χ4n) is 5.98. The van der Waals surface area contributed by atoms with Gasteiger partial charge in [-0.3, -0.25) is 4.79 Å². The number of likely N-dealkylation sites (tertiary alicyclic amines) is 1. The van der Waals surface area contributed by atoms with Crippen LogP contribution in [0.5, 0.6) is 0 Å². The first kappa shape index (κ1) is 18.8. The molecule has 29 heavy (non-hydrogen) atoms. The standard InChI is InChI=1S/C25H30N2O2/c1-26(2)15-20-21-16-27(17-25(21)14-13-22(20)29-25)24(28)23(18-9-5-3-6-10-18)19-11-7-4-8-12-19/h3-12,20-23H,13-17H2,1-2H3/t20-,21+,22+,25+/m0/s1. The van der Waals surface area contributed by atoms with E-state index in [1.165, 1.54) is 0 Å². The number of carbonyl (C=O) groups is 1. The molecule has 4 heteroatoms. The van der Waals surface area contributed by atoms with Gasteiger partial charge in [0.15, 0.2) is 0 Å². The zero-order valence-corrected chi connectivity index (χ0v) is 17.3. The second-order valence-corrected chi connectivity index (χ2v) is 9.27. The Balaban J connectivity index is 1.44. The molecule has 0 aliphatic carbocycles. The quantitative estimate of drug-likeness (QED) is 0.785. The van der Waals surface area contributed by atoms with Crippen molar-refractivity contribution >= 4 is 5.91 Å². The van der Waals surface area contributed by atoms with E-state index in [0.29, 0.717) is 17.9 Å². The predicted molar refractivity (Wildman–Crippen MR) is 114 cm³/mol. The maximum atomic E-state index is 13.8. The summed E-state index contributed by atoms with van der Waals surface area (Å²) in [7, 11) is 4.27. The van der Waals surface area contributed by atoms with E-state index in [9.17, 15) is 4.79 Å². The lowest BCUT2D eigenvalue weighted by atomic mass is 9.73. The molecule has 0 radical (unpaired) electrons. The molecule has 1 amide bonds. The van der Waals surface area contributed by atoms with Crippen LogP contribution < -0.4 is 0 Å². The van der Waals surface area contributed by atoms with Gasteiger partial charge in [-0.15, -0.1) is 0 Å². The highest BCUT2D eigenvalue weighted by Crippen LogP contribution is 2.55. The summed E-state index contributed by atoms with van der Waals surface area (Å²) in [5, 5.41) is 0. The predicted octanol–water partition coefficient (Wildman–Crippen LogP) is 3.39. The second kappa shape index (κ2) is 7.26. The van der Waals surface area contributed by atoms with Crippen LogP contribution in [0, 0.1) is 11.8 Å². The van der Waals surface area contributed by atoms with Gasteiger partial charge in [-0.1, -0.05) is 60.7 Å². The van der Waals surface area contributed by atoms with Gasteiger partial charge in [0.05, 0.1) is 24.2 Å². The molecule has 3 heterocycles. The highest BCUT2D eigenvalue weighted by atomic mass is 16.5. The van der Waals surface area contributed by atoms with Crippen molar-refractivity contribution in [1.82, 2.24) is 9.80 Å². The third-order valence-electron chi connectivity index (χ3n) is 7.18. The number of hydrogen-bond donors (Lipinski definition) is 0. The summed E-state index contributed by atoms with van der Waals surface area (Å²) in [4.78, 5) is 18.2. The van der Waals surface area contributed by atoms with E-state index in [1.54, 1.807) is 0 Å². The molecule has 0 aromatic heterocycles. The van der Waals surface area contributed by atoms with Gasteiger partial charge in [0, 0.05) is 24.9 Å². The molecule has 0 unspecified atom stereocenters. The third-order valence-corrected chi connectivity index (χ3v) is 7.18. The van der Waals surface area contributed by atoms with Crippen molar-refractivity contribution in [1.29, 1.82) is 0 Å². The smallest absolute Gasteiger partial charge is 0.234 e. The second-order valence-electron chi connectivity index (χ2n) is 9.27. The molecular formula is C25H30N2O2. The van der Waals surface area contributed by atoms with Gasteiger partial charge in [-0.05, 0) is 38.1 Å². The van der Waals surface area contributed by atoms with Crippen LogP contribution in [-0.4, -0.2) is 61.1 Å². The highest BCUT2D eigenvalue weighted by Gasteiger charge is 2.63. The number of carbonyl (C=O) groups excluding carboxylic acids is 1. The SMILES string of the molecule is CN(C)C[C@H]1[C@H]2CN(C(=O)C(c3ccccc3)c3ccccc3)C[C@]23CC[C@H]1O3. The molecular weight excluding hydrogens is 360 g/mol. The van der Waals surface area contributed by atoms with E-state index in [2.05, 4.69) is 48.2 Å². The van der Waals surface area contributed by atoms with E-state index in [0.717, 1.165) is 43.6 Å². The molecule has 3 fully saturated rings. The average Bonchev–Trinajstić information content (AvgIpc) is 3.39. The molecule has 0 saturated carbocycles. The summed E-state index contributed by atoms with van der Waals surface area (Å²) < 4.78 is 6.55. The number of rotatable bonds is 5. The molecule has 3 aliphatic heterocycles. The molecule has 4 nitrogen and oxygen atoms in total. The van der Waals surface area contributed by atoms with Crippen LogP contribution in [-0.2, 0) is 9.53 Å². The Hall–Kier alpha value is -2.17. The Morgan fingerprint density at radius 2 is 1.72 bits per heavy atom. The molecule has 0 N–H and O–H groups in total. The van der Waals surface area contributed by atoms with E-state index < -0.39 is 0 Å². The van der Waals surface area contributed by atoms with Crippen molar-refractivity contribution < 1.29 is 9.53 Å². The summed E-state index contributed by atoms with van der Waals surface area (Å²) in [5.41, 5.74) is 2.01. The molecule has 2 aromatic rings. The summed E-state index contributed by atoms with van der Waals surface area (Å²) in [6.45, 7) is 2.61. The minimum atomic E-state index is -0.253. The van der Waals surface area contributed by atoms with E-state index >= 15 is 0 Å². The minimum absolute atomic E-state index is 0.112. The van der Waals surface area contributed by atoms with Crippen LogP contribution in [0.4, 0.5) is 0 Å². The molecule has 3 aliphatic rings. The zero-order valence-electron chi connectivity index (χ0n) is 17.3. The number of amides is 1. The monoisotopic (exact) mass is 390 g/mol. The summed E-state index contributed by atoms with van der Waals surface area (Å²) >= 11 is 0. The van der Waals surface area contributed by atoms with Crippen LogP contribution in [0.15, 0.2) is 60.7 Å². The van der Waals surface area contributed by atoms with Gasteiger partial charge in [0.25, 0.3) is 0 Å². The van der Waals surface area contributed by atoms with Crippen LogP contribution in [0.25, 0.3) is 0 Å². The van der Waals surface area contributed by atoms with E-state index in [-0.39, 0.29) is 17.4 Å². The van der Waals surface area contributed by atoms with Crippen molar-refractivity contribution in [2.45, 2.75) is 30.5 Å². The van der Waals surface area contributed by atoms with Crippen LogP contribution in [0.1, 0.15) is 29.9 Å². The van der Waals surface area contributed by atoms with Gasteiger partial charge < -0.3 is 14.5 Å². The van der Waals surface area contributed by atoms with Crippen LogP contribution >= 0.6 is 0 Å². The number of fused-ring (bicyclic) bond motifs is 1. The molecule has 152 valence electrons. The van der Waals surface area contributed by atoms with Crippen LogP contribution in [0.3, 0.4) is 0 Å². The van der Waals surface area contributed by atoms with Gasteiger partial charge in [-0.2, -0.15) is 0 Å². The normalized spacial score (nSPS) is 30.3. The maximum absolute atomic E-state index is 13.8. The first-order valence-electron chi connectivity index (χ1n) is 10.8. The summed E-state index contributed by atoms with van der Waals surface area (Å²) in [6, 6.07) is 20.4. The molecule has 4 atom stereocenters. The van der Waals surface area contributed by atoms with E-state index in [4.69, 9.17) is 4.74 Å². The average molecular weight is 391 g/mol. The fraction of sp³-hybridized carbons (Fsp3) is 0.480. The lowest BCUT2D eigenvalue weighted by Crippen LogP contribution is -2.40. The number of nitrogens with zero attached hydrogens (tertiary/aromatic N) is 2. The van der Waals surface area contributed by atoms with Crippen molar-refractivity contribution in [3.05, 3.63) is 71.8 Å². The number of hydrogen-bond acceptors (Lipinski definition) is 3. The first-order chi connectivity index (χ1) is 14.1. The first-order valence-corrected chi connectivity index (χ1v) is 10.8. The van der Waals surface area contributed by atoms with Crippen molar-refractivity contribution in [2.75, 3.05) is 33.7 Å². The van der Waals surface area contributed by atoms with Gasteiger partial charge in [0.1, 0.15) is 0 Å². The minimum Gasteiger partial charge on any atom is -0.369 e. The van der Waals surface area contributed by atoms with Gasteiger partial charge >= 0.3 is 0 Å². The maximum Gasteiger partial charge on any atom is 0.234 e. The van der Waals surface area contributed by atoms with Crippen LogP contribution in [0.2, 0.25) is 0 Å². The Morgan fingerprint density at radius 1 is 1.10 bits per heavy atom. The van der Waals surface area contributed by atoms with Crippen molar-refractivity contribution in [3.8, 4) is 0 Å². The zero-order chi connectivity index (χ0) is 20.0. The van der Waals surface area contributed by atoms with Gasteiger partial charge in [0.2, 0.25) is 5.91 Å². The largest absolute Gasteiger partial charge is 0.369 e. The van der Waals surface area contributed by atoms with Crippen molar-refractivity contribution in [3.63, 3.8) is 0 Å². The lowest BCUT2D eigenvalue weighted by molar-refractivity contribution is -0.132. The van der Waals surface area contributed by atoms with Crippen molar-refractivity contribution in [2.24, 2.45) is 11.8 Å².